The van der Waals surface area contributed by atoms with Crippen molar-refractivity contribution in [1.29, 1.82) is 0 Å². The van der Waals surface area contributed by atoms with Crippen LogP contribution in [0.15, 0.2) is 42.5 Å². The minimum Gasteiger partial charge on any atom is -0.504 e. The van der Waals surface area contributed by atoms with Crippen LogP contribution in [0.2, 0.25) is 0 Å². The van der Waals surface area contributed by atoms with E-state index in [0.29, 0.717) is 22.9 Å². The van der Waals surface area contributed by atoms with Gasteiger partial charge in [-0.3, -0.25) is 4.79 Å². The molecule has 0 spiro atoms. The first-order chi connectivity index (χ1) is 14.9. The van der Waals surface area contributed by atoms with Crippen molar-refractivity contribution in [2.45, 2.75) is 0 Å². The smallest absolute Gasteiger partial charge is 0.262 e. The number of nitrogens with zero attached hydrogens (tertiary/aromatic N) is 2. The van der Waals surface area contributed by atoms with Crippen LogP contribution in [0.25, 0.3) is 24.3 Å². The molecule has 2 aromatic carbocycles. The maximum atomic E-state index is 12.2. The number of aromatic hydroxyl groups is 2. The van der Waals surface area contributed by atoms with E-state index in [9.17, 15) is 15.0 Å². The lowest BCUT2D eigenvalue weighted by molar-refractivity contribution is 0.0924. The molecule has 0 bridgehead atoms. The lowest BCUT2D eigenvalue weighted by Gasteiger charge is -2.04. The number of hydrogen-bond acceptors (Lipinski definition) is 6. The fraction of sp³-hybridized carbons (Fsp3) is 0.130. The summed E-state index contributed by atoms with van der Waals surface area (Å²) in [7, 11) is 2.95. The lowest BCUT2D eigenvalue weighted by atomic mass is 10.1. The van der Waals surface area contributed by atoms with E-state index >= 15 is 0 Å². The zero-order valence-electron chi connectivity index (χ0n) is 16.9. The number of carbonyl (C=O) groups is 1. The molecular formula is C23H21ClN2O5. The summed E-state index contributed by atoms with van der Waals surface area (Å²) >= 11 is 5.73. The summed E-state index contributed by atoms with van der Waals surface area (Å²) in [4.78, 5) is 12.2. The van der Waals surface area contributed by atoms with E-state index in [4.69, 9.17) is 21.1 Å². The number of alkyl halides is 1. The van der Waals surface area contributed by atoms with Gasteiger partial charge in [0.1, 0.15) is 5.88 Å². The Bertz CT molecular complexity index is 1150. The van der Waals surface area contributed by atoms with E-state index in [1.165, 1.54) is 31.0 Å². The van der Waals surface area contributed by atoms with Gasteiger partial charge in [0.25, 0.3) is 5.91 Å². The van der Waals surface area contributed by atoms with E-state index in [0.717, 1.165) is 11.1 Å². The van der Waals surface area contributed by atoms with Gasteiger partial charge in [-0.15, -0.1) is 11.6 Å². The number of carbonyl (C=O) groups excluding carboxylic acids is 1. The third kappa shape index (κ3) is 5.26. The average Bonchev–Trinajstić information content (AvgIpc) is 3.20. The van der Waals surface area contributed by atoms with Gasteiger partial charge >= 0.3 is 0 Å². The molecule has 8 heteroatoms. The van der Waals surface area contributed by atoms with E-state index in [-0.39, 0.29) is 23.3 Å². The highest BCUT2D eigenvalue weighted by Crippen LogP contribution is 2.28. The topological polar surface area (TPSA) is 93.8 Å². The van der Waals surface area contributed by atoms with Gasteiger partial charge in [0.2, 0.25) is 0 Å². The Morgan fingerprint density at radius 2 is 1.48 bits per heavy atom. The molecular weight excluding hydrogens is 420 g/mol. The number of phenolic OH excluding ortho intramolecular Hbond substituents is 2. The van der Waals surface area contributed by atoms with Crippen LogP contribution < -0.4 is 9.47 Å². The van der Waals surface area contributed by atoms with Crippen LogP contribution in [0.4, 0.5) is 0 Å². The van der Waals surface area contributed by atoms with Gasteiger partial charge in [0.05, 0.1) is 25.6 Å². The zero-order chi connectivity index (χ0) is 22.4. The molecule has 0 unspecified atom stereocenters. The van der Waals surface area contributed by atoms with E-state index in [2.05, 4.69) is 5.10 Å². The van der Waals surface area contributed by atoms with Gasteiger partial charge in [-0.05, 0) is 53.6 Å². The molecule has 1 heterocycles. The second kappa shape index (κ2) is 9.86. The quantitative estimate of drug-likeness (QED) is 0.524. The van der Waals surface area contributed by atoms with Gasteiger partial charge in [-0.25, -0.2) is 0 Å². The fourth-order valence-electron chi connectivity index (χ4n) is 2.83. The SMILES string of the molecule is COc1cc(/C=C/c2cc(/C=C/c3ccc(O)c(OC)c3)n(C(=O)CCl)n2)ccc1O. The summed E-state index contributed by atoms with van der Waals surface area (Å²) in [5.41, 5.74) is 2.66. The number of hydrogen-bond donors (Lipinski definition) is 2. The first-order valence-corrected chi connectivity index (χ1v) is 9.78. The fourth-order valence-corrected chi connectivity index (χ4v) is 2.94. The summed E-state index contributed by atoms with van der Waals surface area (Å²) in [6, 6.07) is 11.6. The number of methoxy groups -OCH3 is 2. The summed E-state index contributed by atoms with van der Waals surface area (Å²) < 4.78 is 11.5. The third-order valence-electron chi connectivity index (χ3n) is 4.41. The number of ether oxygens (including phenoxy) is 2. The highest BCUT2D eigenvalue weighted by atomic mass is 35.5. The summed E-state index contributed by atoms with van der Waals surface area (Å²) in [5.74, 6) is 0.220. The largest absolute Gasteiger partial charge is 0.504 e. The number of halogens is 1. The molecule has 1 aromatic heterocycles. The average molecular weight is 441 g/mol. The van der Waals surface area contributed by atoms with Crippen molar-refractivity contribution in [3.8, 4) is 23.0 Å². The third-order valence-corrected chi connectivity index (χ3v) is 4.64. The summed E-state index contributed by atoms with van der Waals surface area (Å²) in [6.07, 6.45) is 7.03. The Kier molecular flexibility index (Phi) is 6.99. The normalized spacial score (nSPS) is 11.3. The Hall–Kier alpha value is -3.71. The Balaban J connectivity index is 1.90. The molecule has 0 saturated heterocycles. The van der Waals surface area contributed by atoms with Crippen molar-refractivity contribution in [2.75, 3.05) is 20.1 Å². The molecule has 0 atom stereocenters. The molecule has 0 saturated carbocycles. The van der Waals surface area contributed by atoms with Crippen LogP contribution in [-0.2, 0) is 0 Å². The number of phenols is 2. The van der Waals surface area contributed by atoms with Crippen LogP contribution in [0.5, 0.6) is 23.0 Å². The predicted octanol–water partition coefficient (Wildman–Crippen LogP) is 4.53. The molecule has 0 radical (unpaired) electrons. The maximum absolute atomic E-state index is 12.2. The summed E-state index contributed by atoms with van der Waals surface area (Å²) in [5, 5.41) is 23.7. The minimum atomic E-state index is -0.365. The molecule has 0 aliphatic rings. The van der Waals surface area contributed by atoms with Crippen molar-refractivity contribution >= 4 is 41.8 Å². The molecule has 2 N–H and O–H groups in total. The van der Waals surface area contributed by atoms with Gasteiger partial charge < -0.3 is 19.7 Å². The number of aromatic nitrogens is 2. The van der Waals surface area contributed by atoms with Crippen LogP contribution in [0.1, 0.15) is 27.3 Å². The van der Waals surface area contributed by atoms with E-state index < -0.39 is 0 Å². The van der Waals surface area contributed by atoms with Crippen molar-refractivity contribution in [3.63, 3.8) is 0 Å². The molecule has 160 valence electrons. The van der Waals surface area contributed by atoms with Crippen LogP contribution in [0, 0.1) is 0 Å². The predicted molar refractivity (Wildman–Crippen MR) is 121 cm³/mol. The second-order valence-electron chi connectivity index (χ2n) is 6.46. The summed E-state index contributed by atoms with van der Waals surface area (Å²) in [6.45, 7) is 0. The van der Waals surface area contributed by atoms with Gasteiger partial charge in [0, 0.05) is 0 Å². The molecule has 31 heavy (non-hydrogen) atoms. The van der Waals surface area contributed by atoms with E-state index in [1.54, 1.807) is 54.6 Å². The number of benzene rings is 2. The standard InChI is InChI=1S/C23H21ClN2O5/c1-30-21-11-15(5-9-19(21)27)3-7-17-13-18(26(25-17)23(29)14-24)8-4-16-6-10-20(28)22(12-16)31-2/h3-13,27-28H,14H2,1-2H3/b7-3+,8-4+. The van der Waals surface area contributed by atoms with Gasteiger partial charge in [0.15, 0.2) is 23.0 Å². The lowest BCUT2D eigenvalue weighted by Crippen LogP contribution is -2.15. The monoisotopic (exact) mass is 440 g/mol. The van der Waals surface area contributed by atoms with Crippen molar-refractivity contribution in [2.24, 2.45) is 0 Å². The van der Waals surface area contributed by atoms with Crippen LogP contribution in [0.3, 0.4) is 0 Å². The first kappa shape index (κ1) is 22.0. The Morgan fingerprint density at radius 1 is 0.935 bits per heavy atom. The molecule has 0 amide bonds. The van der Waals surface area contributed by atoms with Crippen molar-refractivity contribution < 1.29 is 24.5 Å². The minimum absolute atomic E-state index is 0.0419. The van der Waals surface area contributed by atoms with Crippen LogP contribution in [-0.4, -0.2) is 46.0 Å². The molecule has 0 aliphatic carbocycles. The molecule has 3 aromatic rings. The van der Waals surface area contributed by atoms with Gasteiger partial charge in [-0.2, -0.15) is 9.78 Å². The van der Waals surface area contributed by atoms with Gasteiger partial charge in [-0.1, -0.05) is 24.3 Å². The molecule has 7 nitrogen and oxygen atoms in total. The maximum Gasteiger partial charge on any atom is 0.262 e. The highest BCUT2D eigenvalue weighted by Gasteiger charge is 2.11. The molecule has 3 rings (SSSR count). The number of rotatable bonds is 7. The molecule has 0 fully saturated rings. The second-order valence-corrected chi connectivity index (χ2v) is 6.73. The Morgan fingerprint density at radius 3 is 2.00 bits per heavy atom. The highest BCUT2D eigenvalue weighted by molar-refractivity contribution is 6.27. The van der Waals surface area contributed by atoms with Crippen molar-refractivity contribution in [3.05, 3.63) is 65.0 Å². The first-order valence-electron chi connectivity index (χ1n) is 9.24. The van der Waals surface area contributed by atoms with Crippen LogP contribution >= 0.6 is 11.6 Å². The zero-order valence-corrected chi connectivity index (χ0v) is 17.7. The molecule has 0 aliphatic heterocycles. The van der Waals surface area contributed by atoms with E-state index in [1.807, 2.05) is 0 Å². The Labute approximate surface area is 184 Å². The van der Waals surface area contributed by atoms with Crippen molar-refractivity contribution in [1.82, 2.24) is 9.78 Å².